The third-order valence-electron chi connectivity index (χ3n) is 9.68. The molecule has 6 atom stereocenters. The largest absolute Gasteiger partial charge is 0.394 e. The number of hydrogen-bond acceptors (Lipinski definition) is 7. The van der Waals surface area contributed by atoms with E-state index in [1.54, 1.807) is 14.5 Å². The Labute approximate surface area is 255 Å². The summed E-state index contributed by atoms with van der Waals surface area (Å²) >= 11 is 0. The van der Waals surface area contributed by atoms with Crippen LogP contribution in [0.3, 0.4) is 0 Å². The molecule has 0 aliphatic carbocycles. The van der Waals surface area contributed by atoms with Crippen molar-refractivity contribution >= 4 is 34.4 Å². The molecule has 3 amide bonds. The third kappa shape index (κ3) is 4.06. The minimum absolute atomic E-state index is 0.107. The quantitative estimate of drug-likeness (QED) is 0.434. The van der Waals surface area contributed by atoms with Gasteiger partial charge >= 0.3 is 0 Å². The van der Waals surface area contributed by atoms with Gasteiger partial charge in [0, 0.05) is 18.8 Å². The highest BCUT2D eigenvalue weighted by molar-refractivity contribution is 6.04. The number of rotatable bonds is 6. The summed E-state index contributed by atoms with van der Waals surface area (Å²) in [6, 6.07) is 15.1. The van der Waals surface area contributed by atoms with Crippen molar-refractivity contribution in [2.24, 2.45) is 17.8 Å². The highest BCUT2D eigenvalue weighted by atomic mass is 16.5. The van der Waals surface area contributed by atoms with Crippen LogP contribution in [-0.2, 0) is 25.8 Å². The summed E-state index contributed by atoms with van der Waals surface area (Å²) in [5, 5.41) is 19.1. The number of amides is 3. The molecule has 5 heterocycles. The van der Waals surface area contributed by atoms with Crippen LogP contribution >= 0.6 is 0 Å². The molecule has 2 saturated heterocycles. The Morgan fingerprint density at radius 3 is 2.41 bits per heavy atom. The lowest BCUT2D eigenvalue weighted by Gasteiger charge is -2.41. The summed E-state index contributed by atoms with van der Waals surface area (Å²) in [4.78, 5) is 48.7. The number of aliphatic hydroxyl groups excluding tert-OH is 1. The van der Waals surface area contributed by atoms with Crippen molar-refractivity contribution in [2.75, 3.05) is 24.6 Å². The Balaban J connectivity index is 1.34. The van der Waals surface area contributed by atoms with Gasteiger partial charge in [-0.15, -0.1) is 5.10 Å². The minimum atomic E-state index is -1.42. The second kappa shape index (κ2) is 10.4. The van der Waals surface area contributed by atoms with Crippen LogP contribution in [0.25, 0.3) is 11.0 Å². The molecule has 0 bridgehead atoms. The first-order valence-electron chi connectivity index (χ1n) is 15.1. The first kappa shape index (κ1) is 28.4. The SMILES string of the molecule is CC(C)[C@H](CO)N1C(=O)[C@@H]2[C@@H]3C(=O)N(c4ccccc4)CC=C[C@]3(C)O[C@@]23C=CCN(Cn2nnc4ccccc42)C(=O)C13. The Hall–Kier alpha value is -4.35. The van der Waals surface area contributed by atoms with E-state index in [1.165, 1.54) is 4.90 Å². The van der Waals surface area contributed by atoms with Gasteiger partial charge in [-0.25, -0.2) is 4.68 Å². The highest BCUT2D eigenvalue weighted by Crippen LogP contribution is 2.58. The van der Waals surface area contributed by atoms with Gasteiger partial charge in [-0.3, -0.25) is 14.4 Å². The summed E-state index contributed by atoms with van der Waals surface area (Å²) in [7, 11) is 0. The van der Waals surface area contributed by atoms with Crippen LogP contribution in [0.1, 0.15) is 20.8 Å². The lowest BCUT2D eigenvalue weighted by molar-refractivity contribution is -0.156. The number of carbonyl (C=O) groups excluding carboxylic acids is 3. The Kier molecular flexibility index (Phi) is 6.71. The Bertz CT molecular complexity index is 1690. The smallest absolute Gasteiger partial charge is 0.250 e. The number of fused-ring (bicyclic) bond motifs is 3. The molecule has 44 heavy (non-hydrogen) atoms. The van der Waals surface area contributed by atoms with Crippen LogP contribution in [0.15, 0.2) is 78.9 Å². The van der Waals surface area contributed by atoms with Crippen LogP contribution < -0.4 is 4.90 Å². The topological polar surface area (TPSA) is 121 Å². The molecule has 11 nitrogen and oxygen atoms in total. The van der Waals surface area contributed by atoms with Gasteiger partial charge in [0.05, 0.1) is 35.6 Å². The maximum absolute atomic E-state index is 14.7. The number of nitrogens with zero attached hydrogens (tertiary/aromatic N) is 6. The van der Waals surface area contributed by atoms with E-state index in [1.807, 2.05) is 99.7 Å². The van der Waals surface area contributed by atoms with E-state index >= 15 is 0 Å². The van der Waals surface area contributed by atoms with E-state index in [9.17, 15) is 19.5 Å². The van der Waals surface area contributed by atoms with Gasteiger partial charge in [0.25, 0.3) is 5.91 Å². The van der Waals surface area contributed by atoms with Crippen molar-refractivity contribution in [1.29, 1.82) is 0 Å². The standard InChI is InChI=1S/C33H36N6O5/c1-21(2)25(19-40)39-28-31(43)36(20-38-24-14-8-7-13-23(24)34-35-38)17-10-16-33(28)27(30(39)42)26-29(41)37(22-11-5-4-6-12-22)18-9-15-32(26,3)44-33/h4-16,21,25-28,40H,17-20H2,1-3H3/t25-,26+,27-,28?,32-,33-/m0/s1. The van der Waals surface area contributed by atoms with Crippen molar-refractivity contribution in [3.05, 3.63) is 78.9 Å². The molecule has 1 unspecified atom stereocenters. The second-order valence-corrected chi connectivity index (χ2v) is 12.6. The van der Waals surface area contributed by atoms with E-state index < -0.39 is 35.1 Å². The molecule has 0 saturated carbocycles. The molecule has 4 aliphatic heterocycles. The third-order valence-corrected chi connectivity index (χ3v) is 9.68. The molecule has 2 fully saturated rings. The van der Waals surface area contributed by atoms with E-state index in [0.717, 1.165) is 11.2 Å². The van der Waals surface area contributed by atoms with E-state index in [4.69, 9.17) is 4.74 Å². The van der Waals surface area contributed by atoms with Gasteiger partial charge in [-0.1, -0.05) is 73.7 Å². The van der Waals surface area contributed by atoms with Crippen molar-refractivity contribution in [3.63, 3.8) is 0 Å². The van der Waals surface area contributed by atoms with E-state index in [2.05, 4.69) is 10.3 Å². The van der Waals surface area contributed by atoms with Gasteiger partial charge in [0.15, 0.2) is 0 Å². The van der Waals surface area contributed by atoms with Crippen molar-refractivity contribution in [3.8, 4) is 0 Å². The predicted octanol–water partition coefficient (Wildman–Crippen LogP) is 2.38. The first-order valence-corrected chi connectivity index (χ1v) is 15.1. The summed E-state index contributed by atoms with van der Waals surface area (Å²) in [6.45, 7) is 6.00. The minimum Gasteiger partial charge on any atom is -0.394 e. The number of para-hydroxylation sites is 2. The van der Waals surface area contributed by atoms with Gasteiger partial charge in [0.1, 0.15) is 23.8 Å². The maximum Gasteiger partial charge on any atom is 0.250 e. The number of benzene rings is 2. The van der Waals surface area contributed by atoms with Crippen LogP contribution in [0.4, 0.5) is 5.69 Å². The average Bonchev–Trinajstić information content (AvgIpc) is 3.54. The summed E-state index contributed by atoms with van der Waals surface area (Å²) in [6.07, 6.45) is 7.44. The zero-order chi connectivity index (χ0) is 30.8. The molecule has 4 aliphatic rings. The number of ether oxygens (including phenoxy) is 1. The lowest BCUT2D eigenvalue weighted by atomic mass is 9.74. The zero-order valence-corrected chi connectivity index (χ0v) is 25.0. The Morgan fingerprint density at radius 2 is 1.66 bits per heavy atom. The number of aliphatic hydroxyl groups is 1. The molecule has 7 rings (SSSR count). The number of aromatic nitrogens is 3. The summed E-state index contributed by atoms with van der Waals surface area (Å²) < 4.78 is 8.60. The van der Waals surface area contributed by atoms with Crippen LogP contribution in [0.2, 0.25) is 0 Å². The molecular formula is C33H36N6O5. The van der Waals surface area contributed by atoms with Gasteiger partial charge in [0.2, 0.25) is 11.8 Å². The van der Waals surface area contributed by atoms with E-state index in [0.29, 0.717) is 12.1 Å². The molecule has 3 aromatic rings. The number of hydrogen-bond donors (Lipinski definition) is 1. The molecular weight excluding hydrogens is 560 g/mol. The van der Waals surface area contributed by atoms with Crippen LogP contribution in [-0.4, -0.2) is 90.6 Å². The van der Waals surface area contributed by atoms with Gasteiger partial charge in [-0.05, 0) is 37.1 Å². The van der Waals surface area contributed by atoms with Crippen molar-refractivity contribution in [2.45, 2.75) is 50.7 Å². The number of carbonyl (C=O) groups is 3. The fourth-order valence-electron chi connectivity index (χ4n) is 7.64. The Morgan fingerprint density at radius 1 is 0.932 bits per heavy atom. The van der Waals surface area contributed by atoms with Gasteiger partial charge in [-0.2, -0.15) is 0 Å². The molecule has 1 spiro atoms. The zero-order valence-electron chi connectivity index (χ0n) is 25.0. The molecule has 0 radical (unpaired) electrons. The molecule has 11 heteroatoms. The van der Waals surface area contributed by atoms with Crippen molar-refractivity contribution < 1.29 is 24.2 Å². The highest BCUT2D eigenvalue weighted by Gasteiger charge is 2.75. The molecule has 2 aromatic carbocycles. The van der Waals surface area contributed by atoms with Gasteiger partial charge < -0.3 is 24.5 Å². The van der Waals surface area contributed by atoms with Crippen LogP contribution in [0.5, 0.6) is 0 Å². The monoisotopic (exact) mass is 596 g/mol. The summed E-state index contributed by atoms with van der Waals surface area (Å²) in [5.74, 6) is -2.96. The van der Waals surface area contributed by atoms with Crippen LogP contribution in [0, 0.1) is 17.8 Å². The molecule has 228 valence electrons. The van der Waals surface area contributed by atoms with E-state index in [-0.39, 0.29) is 43.5 Å². The lowest BCUT2D eigenvalue weighted by Crippen LogP contribution is -2.59. The first-order chi connectivity index (χ1) is 21.2. The molecule has 1 aromatic heterocycles. The second-order valence-electron chi connectivity index (χ2n) is 12.6. The number of likely N-dealkylation sites (tertiary alicyclic amines) is 1. The predicted molar refractivity (Wildman–Crippen MR) is 162 cm³/mol. The number of anilines is 1. The fraction of sp³-hybridized carbons (Fsp3) is 0.424. The fourth-order valence-corrected chi connectivity index (χ4v) is 7.64. The normalized spacial score (nSPS) is 30.5. The molecule has 1 N–H and O–H groups in total. The van der Waals surface area contributed by atoms with Crippen molar-refractivity contribution in [1.82, 2.24) is 24.8 Å². The maximum atomic E-state index is 14.7. The average molecular weight is 597 g/mol. The summed E-state index contributed by atoms with van der Waals surface area (Å²) in [5.41, 5.74) is -0.353.